The van der Waals surface area contributed by atoms with Gasteiger partial charge in [0, 0.05) is 19.5 Å². The number of carbonyl (C=O) groups excluding carboxylic acids is 2. The van der Waals surface area contributed by atoms with Crippen LogP contribution in [0.25, 0.3) is 0 Å². The van der Waals surface area contributed by atoms with Crippen LogP contribution in [-0.2, 0) is 9.59 Å². The Labute approximate surface area is 122 Å². The first kappa shape index (κ1) is 15.3. The lowest BCUT2D eigenvalue weighted by Crippen LogP contribution is -2.54. The second kappa shape index (κ2) is 6.59. The Morgan fingerprint density at radius 1 is 1.30 bits per heavy atom. The van der Waals surface area contributed by atoms with Gasteiger partial charge in [0.1, 0.15) is 5.54 Å². The highest BCUT2D eigenvalue weighted by molar-refractivity contribution is 5.93. The molecule has 2 amide bonds. The summed E-state index contributed by atoms with van der Waals surface area (Å²) in [5.41, 5.74) is -0.707. The van der Waals surface area contributed by atoms with Crippen LogP contribution in [0.4, 0.5) is 0 Å². The fraction of sp³-hybridized carbons (Fsp3) is 0.875. The van der Waals surface area contributed by atoms with Gasteiger partial charge in [-0.2, -0.15) is 0 Å². The van der Waals surface area contributed by atoms with Gasteiger partial charge in [0.25, 0.3) is 0 Å². The van der Waals surface area contributed by atoms with E-state index < -0.39 is 5.54 Å². The highest BCUT2D eigenvalue weighted by atomic mass is 16.2. The van der Waals surface area contributed by atoms with Crippen LogP contribution in [0.5, 0.6) is 0 Å². The van der Waals surface area contributed by atoms with E-state index in [1.54, 1.807) is 0 Å². The molecule has 1 aliphatic heterocycles. The number of rotatable bonds is 5. The molecule has 0 spiro atoms. The zero-order valence-electron chi connectivity index (χ0n) is 12.9. The zero-order chi connectivity index (χ0) is 14.6. The van der Waals surface area contributed by atoms with Gasteiger partial charge >= 0.3 is 0 Å². The maximum absolute atomic E-state index is 12.6. The molecule has 2 rings (SSSR count). The van der Waals surface area contributed by atoms with Crippen LogP contribution >= 0.6 is 0 Å². The Morgan fingerprint density at radius 3 is 2.65 bits per heavy atom. The van der Waals surface area contributed by atoms with Crippen LogP contribution in [0.1, 0.15) is 65.2 Å². The van der Waals surface area contributed by atoms with E-state index in [4.69, 9.17) is 0 Å². The lowest BCUT2D eigenvalue weighted by atomic mass is 9.96. The third kappa shape index (κ3) is 3.53. The van der Waals surface area contributed by atoms with Crippen molar-refractivity contribution >= 4 is 11.8 Å². The molecule has 0 radical (unpaired) electrons. The SMILES string of the molecule is CCC1(C)NC(=O)CCN(CCCC2CCCC2)C1=O. The first-order chi connectivity index (χ1) is 9.55. The van der Waals surface area contributed by atoms with E-state index in [9.17, 15) is 9.59 Å². The van der Waals surface area contributed by atoms with E-state index >= 15 is 0 Å². The van der Waals surface area contributed by atoms with Crippen molar-refractivity contribution in [2.75, 3.05) is 13.1 Å². The van der Waals surface area contributed by atoms with E-state index in [0.29, 0.717) is 19.4 Å². The molecule has 1 saturated carbocycles. The number of nitrogens with one attached hydrogen (secondary N) is 1. The van der Waals surface area contributed by atoms with Gasteiger partial charge in [0.15, 0.2) is 0 Å². The van der Waals surface area contributed by atoms with Gasteiger partial charge in [0.05, 0.1) is 0 Å². The Morgan fingerprint density at radius 2 is 2.00 bits per heavy atom. The monoisotopic (exact) mass is 280 g/mol. The average Bonchev–Trinajstić information content (AvgIpc) is 2.91. The van der Waals surface area contributed by atoms with Crippen molar-refractivity contribution in [2.45, 2.75) is 70.8 Å². The number of hydrogen-bond acceptors (Lipinski definition) is 2. The predicted octanol–water partition coefficient (Wildman–Crippen LogP) is 2.47. The molecule has 4 heteroatoms. The van der Waals surface area contributed by atoms with Gasteiger partial charge in [-0.05, 0) is 32.1 Å². The van der Waals surface area contributed by atoms with E-state index in [1.807, 2.05) is 18.7 Å². The fourth-order valence-electron chi connectivity index (χ4n) is 3.43. The molecule has 2 aliphatic rings. The summed E-state index contributed by atoms with van der Waals surface area (Å²) in [5.74, 6) is 0.965. The molecular weight excluding hydrogens is 252 g/mol. The minimum absolute atomic E-state index is 0.000919. The highest BCUT2D eigenvalue weighted by Gasteiger charge is 2.38. The maximum atomic E-state index is 12.6. The van der Waals surface area contributed by atoms with Crippen LogP contribution in [0.3, 0.4) is 0 Å². The van der Waals surface area contributed by atoms with Crippen molar-refractivity contribution in [3.63, 3.8) is 0 Å². The van der Waals surface area contributed by atoms with Gasteiger partial charge in [-0.1, -0.05) is 32.6 Å². The molecule has 114 valence electrons. The molecule has 0 bridgehead atoms. The molecule has 0 aromatic heterocycles. The molecule has 1 unspecified atom stereocenters. The summed E-state index contributed by atoms with van der Waals surface area (Å²) in [5, 5.41) is 2.89. The molecule has 1 aliphatic carbocycles. The summed E-state index contributed by atoms with van der Waals surface area (Å²) in [6, 6.07) is 0. The molecule has 1 heterocycles. The largest absolute Gasteiger partial charge is 0.342 e. The Bertz CT molecular complexity index is 363. The third-order valence-electron chi connectivity index (χ3n) is 5.01. The van der Waals surface area contributed by atoms with Gasteiger partial charge in [-0.3, -0.25) is 9.59 Å². The van der Waals surface area contributed by atoms with Gasteiger partial charge < -0.3 is 10.2 Å². The number of carbonyl (C=O) groups is 2. The molecule has 1 saturated heterocycles. The molecule has 0 aromatic carbocycles. The van der Waals surface area contributed by atoms with Crippen LogP contribution in [0.15, 0.2) is 0 Å². The van der Waals surface area contributed by atoms with Crippen LogP contribution in [0.2, 0.25) is 0 Å². The smallest absolute Gasteiger partial charge is 0.248 e. The second-order valence-electron chi connectivity index (χ2n) is 6.57. The van der Waals surface area contributed by atoms with Gasteiger partial charge in [-0.25, -0.2) is 0 Å². The van der Waals surface area contributed by atoms with E-state index in [0.717, 1.165) is 18.9 Å². The lowest BCUT2D eigenvalue weighted by molar-refractivity contribution is -0.138. The zero-order valence-corrected chi connectivity index (χ0v) is 12.9. The van der Waals surface area contributed by atoms with Crippen LogP contribution in [-0.4, -0.2) is 35.3 Å². The molecule has 1 N–H and O–H groups in total. The lowest BCUT2D eigenvalue weighted by Gasteiger charge is -2.31. The molecule has 4 nitrogen and oxygen atoms in total. The van der Waals surface area contributed by atoms with Crippen molar-refractivity contribution in [2.24, 2.45) is 5.92 Å². The van der Waals surface area contributed by atoms with Crippen molar-refractivity contribution in [3.8, 4) is 0 Å². The summed E-state index contributed by atoms with van der Waals surface area (Å²) in [6.07, 6.45) is 8.86. The topological polar surface area (TPSA) is 49.4 Å². The predicted molar refractivity (Wildman–Crippen MR) is 79.2 cm³/mol. The maximum Gasteiger partial charge on any atom is 0.248 e. The molecular formula is C16H28N2O2. The standard InChI is InChI=1S/C16H28N2O2/c1-3-16(2)15(20)18(12-10-14(19)17-16)11-6-9-13-7-4-5-8-13/h13H,3-12H2,1-2H3,(H,17,19). The molecule has 20 heavy (non-hydrogen) atoms. The van der Waals surface area contributed by atoms with E-state index in [1.165, 1.54) is 32.1 Å². The van der Waals surface area contributed by atoms with Crippen molar-refractivity contribution in [3.05, 3.63) is 0 Å². The van der Waals surface area contributed by atoms with Gasteiger partial charge in [-0.15, -0.1) is 0 Å². The molecule has 1 atom stereocenters. The molecule has 2 fully saturated rings. The summed E-state index contributed by atoms with van der Waals surface area (Å²) >= 11 is 0. The minimum atomic E-state index is -0.707. The first-order valence-electron chi connectivity index (χ1n) is 8.15. The van der Waals surface area contributed by atoms with Crippen LogP contribution in [0, 0.1) is 5.92 Å². The Balaban J connectivity index is 1.88. The van der Waals surface area contributed by atoms with Crippen molar-refractivity contribution in [1.29, 1.82) is 0 Å². The van der Waals surface area contributed by atoms with Crippen LogP contribution < -0.4 is 5.32 Å². The fourth-order valence-corrected chi connectivity index (χ4v) is 3.43. The van der Waals surface area contributed by atoms with E-state index in [2.05, 4.69) is 5.32 Å². The quantitative estimate of drug-likeness (QED) is 0.841. The number of amides is 2. The Kier molecular flexibility index (Phi) is 5.06. The normalized spacial score (nSPS) is 28.6. The highest BCUT2D eigenvalue weighted by Crippen LogP contribution is 2.28. The third-order valence-corrected chi connectivity index (χ3v) is 5.01. The summed E-state index contributed by atoms with van der Waals surface area (Å²) in [6.45, 7) is 5.19. The van der Waals surface area contributed by atoms with Crippen molar-refractivity contribution < 1.29 is 9.59 Å². The summed E-state index contributed by atoms with van der Waals surface area (Å²) in [7, 11) is 0. The Hall–Kier alpha value is -1.06. The number of hydrogen-bond donors (Lipinski definition) is 1. The second-order valence-corrected chi connectivity index (χ2v) is 6.57. The first-order valence-corrected chi connectivity index (χ1v) is 8.15. The summed E-state index contributed by atoms with van der Waals surface area (Å²) in [4.78, 5) is 26.2. The van der Waals surface area contributed by atoms with E-state index in [-0.39, 0.29) is 11.8 Å². The van der Waals surface area contributed by atoms with Gasteiger partial charge in [0.2, 0.25) is 11.8 Å². The average molecular weight is 280 g/mol. The van der Waals surface area contributed by atoms with Crippen molar-refractivity contribution in [1.82, 2.24) is 10.2 Å². The number of nitrogens with zero attached hydrogens (tertiary/aromatic N) is 1. The summed E-state index contributed by atoms with van der Waals surface area (Å²) < 4.78 is 0. The molecule has 0 aromatic rings. The minimum Gasteiger partial charge on any atom is -0.342 e.